The first-order chi connectivity index (χ1) is 17.6. The van der Waals surface area contributed by atoms with Gasteiger partial charge in [-0.05, 0) is 61.3 Å². The van der Waals surface area contributed by atoms with E-state index in [2.05, 4.69) is 52.5 Å². The van der Waals surface area contributed by atoms with Crippen LogP contribution in [0.25, 0.3) is 0 Å². The maximum absolute atomic E-state index is 13.1. The van der Waals surface area contributed by atoms with Gasteiger partial charge >= 0.3 is 0 Å². The number of benzene rings is 2. The van der Waals surface area contributed by atoms with Gasteiger partial charge in [0, 0.05) is 35.3 Å². The van der Waals surface area contributed by atoms with Crippen LogP contribution in [-0.4, -0.2) is 47.0 Å². The second-order valence-corrected chi connectivity index (χ2v) is 11.9. The Hall–Kier alpha value is -2.16. The van der Waals surface area contributed by atoms with E-state index in [1.54, 1.807) is 23.5 Å². The third-order valence-corrected chi connectivity index (χ3v) is 9.01. The molecule has 0 spiro atoms. The Balaban J connectivity index is 1.28. The molecule has 0 bridgehead atoms. The molecular formula is C28H38N4O2S2. The molecule has 2 aromatic rings. The van der Waals surface area contributed by atoms with Gasteiger partial charge in [0.05, 0.1) is 6.04 Å². The molecule has 0 radical (unpaired) electrons. The number of aryl methyl sites for hydroxylation is 1. The number of rotatable bonds is 11. The lowest BCUT2D eigenvalue weighted by Gasteiger charge is -2.23. The van der Waals surface area contributed by atoms with Crippen LogP contribution < -0.4 is 21.3 Å². The van der Waals surface area contributed by atoms with Crippen molar-refractivity contribution in [3.05, 3.63) is 59.7 Å². The number of nitrogens with one attached hydrogen (secondary N) is 4. The Labute approximate surface area is 223 Å². The molecule has 1 saturated carbocycles. The van der Waals surface area contributed by atoms with Crippen molar-refractivity contribution >= 4 is 46.7 Å². The molecule has 1 heterocycles. The van der Waals surface area contributed by atoms with Gasteiger partial charge in [-0.2, -0.15) is 11.8 Å². The van der Waals surface area contributed by atoms with Crippen molar-refractivity contribution < 1.29 is 9.59 Å². The standard InChI is InChI=1S/C28H38N4O2S2/c1-20-7-11-23(12-8-20)31-24-13-9-21(10-14-24)15-29-27(33)26(32-28(34)25-17-36-19-30-25)18-35-16-22-5-3-2-4-6-22/h7-14,22,25-26,30-31H,2-6,15-19H2,1H3,(H,29,33)(H,32,34)/t25-,26-/m0/s1. The fraction of sp³-hybridized carbons (Fsp3) is 0.500. The van der Waals surface area contributed by atoms with Crippen molar-refractivity contribution in [1.82, 2.24) is 16.0 Å². The summed E-state index contributed by atoms with van der Waals surface area (Å²) in [5.41, 5.74) is 4.29. The van der Waals surface area contributed by atoms with Crippen molar-refractivity contribution in [2.24, 2.45) is 5.92 Å². The summed E-state index contributed by atoms with van der Waals surface area (Å²) in [6, 6.07) is 15.6. The first-order valence-electron chi connectivity index (χ1n) is 13.0. The summed E-state index contributed by atoms with van der Waals surface area (Å²) in [7, 11) is 0. The summed E-state index contributed by atoms with van der Waals surface area (Å²) in [5.74, 6) is 3.73. The summed E-state index contributed by atoms with van der Waals surface area (Å²) < 4.78 is 0. The highest BCUT2D eigenvalue weighted by atomic mass is 32.2. The molecule has 4 rings (SSSR count). The maximum Gasteiger partial charge on any atom is 0.243 e. The van der Waals surface area contributed by atoms with E-state index >= 15 is 0 Å². The minimum absolute atomic E-state index is 0.0788. The number of hydrogen-bond acceptors (Lipinski definition) is 6. The van der Waals surface area contributed by atoms with Crippen LogP contribution in [0.15, 0.2) is 48.5 Å². The molecule has 2 fully saturated rings. The summed E-state index contributed by atoms with van der Waals surface area (Å²) >= 11 is 3.51. The summed E-state index contributed by atoms with van der Waals surface area (Å²) in [6.07, 6.45) is 6.55. The van der Waals surface area contributed by atoms with Crippen molar-refractivity contribution in [2.75, 3.05) is 28.5 Å². The Morgan fingerprint density at radius 1 is 1.03 bits per heavy atom. The molecule has 6 nitrogen and oxygen atoms in total. The number of thioether (sulfide) groups is 2. The van der Waals surface area contributed by atoms with Gasteiger partial charge in [0.1, 0.15) is 6.04 Å². The van der Waals surface area contributed by atoms with Crippen molar-refractivity contribution in [1.29, 1.82) is 0 Å². The predicted molar refractivity (Wildman–Crippen MR) is 153 cm³/mol. The smallest absolute Gasteiger partial charge is 0.243 e. The van der Waals surface area contributed by atoms with E-state index in [4.69, 9.17) is 0 Å². The van der Waals surface area contributed by atoms with E-state index in [0.717, 1.165) is 40.2 Å². The monoisotopic (exact) mass is 526 g/mol. The fourth-order valence-corrected chi connectivity index (χ4v) is 6.76. The highest BCUT2D eigenvalue weighted by molar-refractivity contribution is 7.99. The number of anilines is 2. The molecule has 36 heavy (non-hydrogen) atoms. The lowest BCUT2D eigenvalue weighted by atomic mass is 9.91. The van der Waals surface area contributed by atoms with Crippen LogP contribution in [0.1, 0.15) is 43.2 Å². The SMILES string of the molecule is Cc1ccc(Nc2ccc(CNC(=O)[C@H](CSCC3CCCCC3)NC(=O)[C@@H]3CSCN3)cc2)cc1. The highest BCUT2D eigenvalue weighted by Gasteiger charge is 2.28. The average molecular weight is 527 g/mol. The summed E-state index contributed by atoms with van der Waals surface area (Å²) in [4.78, 5) is 25.8. The Bertz CT molecular complexity index is 972. The zero-order valence-corrected chi connectivity index (χ0v) is 22.7. The molecule has 0 unspecified atom stereocenters. The third kappa shape index (κ3) is 8.46. The van der Waals surface area contributed by atoms with E-state index in [-0.39, 0.29) is 17.9 Å². The minimum atomic E-state index is -0.527. The maximum atomic E-state index is 13.1. The fourth-order valence-electron chi connectivity index (χ4n) is 4.55. The lowest BCUT2D eigenvalue weighted by molar-refractivity contribution is -0.129. The molecule has 1 saturated heterocycles. The molecule has 2 aromatic carbocycles. The van der Waals surface area contributed by atoms with E-state index in [1.165, 1.54) is 37.7 Å². The Morgan fingerprint density at radius 2 is 1.72 bits per heavy atom. The zero-order valence-electron chi connectivity index (χ0n) is 21.1. The minimum Gasteiger partial charge on any atom is -0.356 e. The van der Waals surface area contributed by atoms with Gasteiger partial charge in [0.2, 0.25) is 11.8 Å². The zero-order chi connectivity index (χ0) is 25.2. The van der Waals surface area contributed by atoms with Gasteiger partial charge < -0.3 is 16.0 Å². The number of carbonyl (C=O) groups excluding carboxylic acids is 2. The molecule has 2 atom stereocenters. The van der Waals surface area contributed by atoms with Gasteiger partial charge in [-0.25, -0.2) is 0 Å². The van der Waals surface area contributed by atoms with Gasteiger partial charge in [-0.1, -0.05) is 49.1 Å². The predicted octanol–water partition coefficient (Wildman–Crippen LogP) is 4.82. The molecule has 8 heteroatoms. The quantitative estimate of drug-likeness (QED) is 0.336. The molecule has 1 aliphatic heterocycles. The normalized spacial score (nSPS) is 19.0. The van der Waals surface area contributed by atoms with Crippen LogP contribution in [0.5, 0.6) is 0 Å². The molecule has 194 valence electrons. The largest absolute Gasteiger partial charge is 0.356 e. The Kier molecular flexibility index (Phi) is 10.4. The third-order valence-electron chi connectivity index (χ3n) is 6.79. The topological polar surface area (TPSA) is 82.3 Å². The van der Waals surface area contributed by atoms with Crippen molar-refractivity contribution in [3.63, 3.8) is 0 Å². The van der Waals surface area contributed by atoms with E-state index < -0.39 is 6.04 Å². The van der Waals surface area contributed by atoms with E-state index in [9.17, 15) is 9.59 Å². The van der Waals surface area contributed by atoms with Crippen LogP contribution >= 0.6 is 23.5 Å². The number of hydrogen-bond donors (Lipinski definition) is 4. The molecular weight excluding hydrogens is 488 g/mol. The van der Waals surface area contributed by atoms with Crippen LogP contribution in [-0.2, 0) is 16.1 Å². The Morgan fingerprint density at radius 3 is 2.39 bits per heavy atom. The molecule has 1 aliphatic carbocycles. The average Bonchev–Trinajstić information content (AvgIpc) is 3.45. The van der Waals surface area contributed by atoms with Gasteiger partial charge in [-0.3, -0.25) is 14.9 Å². The number of amides is 2. The van der Waals surface area contributed by atoms with Gasteiger partial charge in [0.15, 0.2) is 0 Å². The summed E-state index contributed by atoms with van der Waals surface area (Å²) in [6.45, 7) is 2.50. The van der Waals surface area contributed by atoms with Crippen molar-refractivity contribution in [2.45, 2.75) is 57.7 Å². The van der Waals surface area contributed by atoms with E-state index in [1.807, 2.05) is 24.3 Å². The van der Waals surface area contributed by atoms with Crippen LogP contribution in [0.3, 0.4) is 0 Å². The molecule has 2 amide bonds. The van der Waals surface area contributed by atoms with Crippen LogP contribution in [0.4, 0.5) is 11.4 Å². The lowest BCUT2D eigenvalue weighted by Crippen LogP contribution is -2.53. The molecule has 4 N–H and O–H groups in total. The van der Waals surface area contributed by atoms with Crippen LogP contribution in [0.2, 0.25) is 0 Å². The van der Waals surface area contributed by atoms with Crippen LogP contribution in [0, 0.1) is 12.8 Å². The summed E-state index contributed by atoms with van der Waals surface area (Å²) in [5, 5.41) is 12.7. The second kappa shape index (κ2) is 14.0. The molecule has 0 aromatic heterocycles. The van der Waals surface area contributed by atoms with Gasteiger partial charge in [0.25, 0.3) is 0 Å². The first kappa shape index (κ1) is 26.9. The van der Waals surface area contributed by atoms with Crippen molar-refractivity contribution in [3.8, 4) is 0 Å². The second-order valence-electron chi connectivity index (χ2n) is 9.78. The first-order valence-corrected chi connectivity index (χ1v) is 15.3. The van der Waals surface area contributed by atoms with Gasteiger partial charge in [-0.15, -0.1) is 11.8 Å². The number of carbonyl (C=O) groups is 2. The molecule has 2 aliphatic rings. The van der Waals surface area contributed by atoms with E-state index in [0.29, 0.717) is 12.3 Å². The highest BCUT2D eigenvalue weighted by Crippen LogP contribution is 2.27.